The summed E-state index contributed by atoms with van der Waals surface area (Å²) in [6.45, 7) is 4.79. The van der Waals surface area contributed by atoms with Gasteiger partial charge in [-0.05, 0) is 27.6 Å². The molecule has 5 rings (SSSR count). The zero-order valence-corrected chi connectivity index (χ0v) is 15.3. The maximum absolute atomic E-state index is 5.03. The first-order valence-corrected chi connectivity index (χ1v) is 11.6. The van der Waals surface area contributed by atoms with E-state index in [4.69, 9.17) is 4.98 Å². The molecule has 0 atom stereocenters. The largest absolute Gasteiger partial charge is 0.237 e. The van der Waals surface area contributed by atoms with Crippen LogP contribution in [0.2, 0.25) is 13.1 Å². The van der Waals surface area contributed by atoms with E-state index in [2.05, 4.69) is 66.6 Å². The van der Waals surface area contributed by atoms with Gasteiger partial charge in [-0.25, -0.2) is 9.97 Å². The number of benzene rings is 3. The molecule has 0 spiro atoms. The van der Waals surface area contributed by atoms with Gasteiger partial charge in [0.2, 0.25) is 0 Å². The van der Waals surface area contributed by atoms with Crippen molar-refractivity contribution >= 4 is 29.4 Å². The van der Waals surface area contributed by atoms with E-state index in [1.54, 1.807) is 0 Å². The molecule has 120 valence electrons. The summed E-state index contributed by atoms with van der Waals surface area (Å²) >= 11 is 0. The molecular formula is C22H18N2Si. The van der Waals surface area contributed by atoms with Gasteiger partial charge in [0.25, 0.3) is 0 Å². The SMILES string of the molecule is C[Si]1(C)c2cc3ccccc3cc2-c2cnc(-c3ccccc3)nc21. The van der Waals surface area contributed by atoms with Crippen LogP contribution in [0.1, 0.15) is 0 Å². The van der Waals surface area contributed by atoms with Crippen LogP contribution in [0.4, 0.5) is 0 Å². The Morgan fingerprint density at radius 1 is 0.760 bits per heavy atom. The van der Waals surface area contributed by atoms with Gasteiger partial charge in [0.1, 0.15) is 8.07 Å². The van der Waals surface area contributed by atoms with Crippen LogP contribution in [0.25, 0.3) is 33.3 Å². The zero-order chi connectivity index (χ0) is 17.0. The van der Waals surface area contributed by atoms with Crippen molar-refractivity contribution in [3.63, 3.8) is 0 Å². The van der Waals surface area contributed by atoms with E-state index >= 15 is 0 Å². The van der Waals surface area contributed by atoms with Gasteiger partial charge in [-0.1, -0.05) is 73.8 Å². The summed E-state index contributed by atoms with van der Waals surface area (Å²) in [6, 6.07) is 23.5. The third-order valence-electron chi connectivity index (χ3n) is 5.26. The van der Waals surface area contributed by atoms with Gasteiger partial charge in [0.15, 0.2) is 5.82 Å². The lowest BCUT2D eigenvalue weighted by Crippen LogP contribution is -2.50. The van der Waals surface area contributed by atoms with Gasteiger partial charge >= 0.3 is 0 Å². The second-order valence-electron chi connectivity index (χ2n) is 7.19. The molecule has 0 amide bonds. The number of hydrogen-bond acceptors (Lipinski definition) is 2. The second kappa shape index (κ2) is 5.10. The topological polar surface area (TPSA) is 25.8 Å². The average Bonchev–Trinajstić information content (AvgIpc) is 2.88. The van der Waals surface area contributed by atoms with E-state index in [0.717, 1.165) is 11.4 Å². The first kappa shape index (κ1) is 14.6. The van der Waals surface area contributed by atoms with E-state index in [9.17, 15) is 0 Å². The molecule has 3 heteroatoms. The van der Waals surface area contributed by atoms with Crippen molar-refractivity contribution in [2.75, 3.05) is 0 Å². The summed E-state index contributed by atoms with van der Waals surface area (Å²) in [7, 11) is -1.81. The fourth-order valence-corrected chi connectivity index (χ4v) is 6.80. The lowest BCUT2D eigenvalue weighted by Gasteiger charge is -2.18. The van der Waals surface area contributed by atoms with Crippen LogP contribution in [0, 0.1) is 0 Å². The minimum atomic E-state index is -1.81. The molecule has 0 aliphatic carbocycles. The molecule has 4 aromatic rings. The fraction of sp³-hybridized carbons (Fsp3) is 0.0909. The molecule has 2 nitrogen and oxygen atoms in total. The maximum atomic E-state index is 5.03. The van der Waals surface area contributed by atoms with Gasteiger partial charge in [-0.15, -0.1) is 0 Å². The van der Waals surface area contributed by atoms with E-state index in [1.807, 2.05) is 24.4 Å². The number of fused-ring (bicyclic) bond motifs is 4. The van der Waals surface area contributed by atoms with Crippen molar-refractivity contribution in [1.29, 1.82) is 0 Å². The van der Waals surface area contributed by atoms with E-state index in [1.165, 1.54) is 32.4 Å². The fourth-order valence-electron chi connectivity index (χ4n) is 3.89. The van der Waals surface area contributed by atoms with Crippen LogP contribution in [0.3, 0.4) is 0 Å². The molecule has 1 aliphatic rings. The van der Waals surface area contributed by atoms with E-state index in [0.29, 0.717) is 0 Å². The Morgan fingerprint density at radius 2 is 1.44 bits per heavy atom. The number of rotatable bonds is 1. The van der Waals surface area contributed by atoms with Crippen LogP contribution in [0.5, 0.6) is 0 Å². The lowest BCUT2D eigenvalue weighted by atomic mass is 10.0. The molecule has 1 aliphatic heterocycles. The van der Waals surface area contributed by atoms with E-state index < -0.39 is 8.07 Å². The Balaban J connectivity index is 1.76. The van der Waals surface area contributed by atoms with Crippen molar-refractivity contribution in [3.8, 4) is 22.5 Å². The van der Waals surface area contributed by atoms with Crippen molar-refractivity contribution in [2.24, 2.45) is 0 Å². The predicted molar refractivity (Wildman–Crippen MR) is 107 cm³/mol. The molecule has 0 saturated carbocycles. The summed E-state index contributed by atoms with van der Waals surface area (Å²) in [5, 5.41) is 5.32. The highest BCUT2D eigenvalue weighted by molar-refractivity contribution is 7.03. The number of nitrogens with zero attached hydrogens (tertiary/aromatic N) is 2. The Morgan fingerprint density at radius 3 is 2.20 bits per heavy atom. The highest BCUT2D eigenvalue weighted by Crippen LogP contribution is 2.31. The highest BCUT2D eigenvalue weighted by Gasteiger charge is 2.39. The molecule has 0 radical (unpaired) electrons. The standard InChI is InChI=1S/C22H18N2Si/c1-25(2)20-13-17-11-7-6-10-16(17)12-18(20)19-14-23-21(24-22(19)25)15-8-4-3-5-9-15/h3-14H,1-2H3. The molecule has 0 saturated heterocycles. The zero-order valence-electron chi connectivity index (χ0n) is 14.3. The maximum Gasteiger partial charge on any atom is 0.159 e. The summed E-state index contributed by atoms with van der Waals surface area (Å²) in [4.78, 5) is 9.71. The van der Waals surface area contributed by atoms with Crippen LogP contribution >= 0.6 is 0 Å². The summed E-state index contributed by atoms with van der Waals surface area (Å²) in [5.74, 6) is 0.831. The molecule has 0 N–H and O–H groups in total. The van der Waals surface area contributed by atoms with Crippen LogP contribution in [0.15, 0.2) is 72.9 Å². The summed E-state index contributed by atoms with van der Waals surface area (Å²) in [5.41, 5.74) is 3.62. The summed E-state index contributed by atoms with van der Waals surface area (Å²) in [6.07, 6.45) is 2.03. The predicted octanol–water partition coefficient (Wildman–Crippen LogP) is 4.10. The van der Waals surface area contributed by atoms with Gasteiger partial charge < -0.3 is 0 Å². The summed E-state index contributed by atoms with van der Waals surface area (Å²) < 4.78 is 0. The Labute approximate surface area is 148 Å². The molecule has 0 fully saturated rings. The quantitative estimate of drug-likeness (QED) is 0.488. The third kappa shape index (κ3) is 2.09. The molecule has 3 aromatic carbocycles. The Kier molecular flexibility index (Phi) is 2.97. The highest BCUT2D eigenvalue weighted by atomic mass is 28.3. The molecular weight excluding hydrogens is 320 g/mol. The first-order chi connectivity index (χ1) is 12.1. The minimum absolute atomic E-state index is 0.831. The Bertz CT molecular complexity index is 1120. The van der Waals surface area contributed by atoms with Gasteiger partial charge in [0, 0.05) is 22.6 Å². The van der Waals surface area contributed by atoms with E-state index in [-0.39, 0.29) is 0 Å². The van der Waals surface area contributed by atoms with Gasteiger partial charge in [-0.2, -0.15) is 0 Å². The van der Waals surface area contributed by atoms with Crippen LogP contribution in [-0.4, -0.2) is 18.0 Å². The number of hydrogen-bond donors (Lipinski definition) is 0. The minimum Gasteiger partial charge on any atom is -0.237 e. The van der Waals surface area contributed by atoms with Crippen molar-refractivity contribution in [1.82, 2.24) is 9.97 Å². The monoisotopic (exact) mass is 338 g/mol. The lowest BCUT2D eigenvalue weighted by molar-refractivity contribution is 1.21. The Hall–Kier alpha value is -2.78. The molecule has 1 aromatic heterocycles. The number of aromatic nitrogens is 2. The van der Waals surface area contributed by atoms with Crippen LogP contribution < -0.4 is 10.5 Å². The smallest absolute Gasteiger partial charge is 0.159 e. The van der Waals surface area contributed by atoms with Gasteiger partial charge in [-0.3, -0.25) is 0 Å². The molecule has 2 heterocycles. The normalized spacial score (nSPS) is 14.3. The molecule has 0 bridgehead atoms. The van der Waals surface area contributed by atoms with Crippen molar-refractivity contribution < 1.29 is 0 Å². The molecule has 25 heavy (non-hydrogen) atoms. The van der Waals surface area contributed by atoms with Gasteiger partial charge in [0.05, 0.1) is 0 Å². The van der Waals surface area contributed by atoms with Crippen molar-refractivity contribution in [2.45, 2.75) is 13.1 Å². The van der Waals surface area contributed by atoms with Crippen LogP contribution in [-0.2, 0) is 0 Å². The van der Waals surface area contributed by atoms with Crippen molar-refractivity contribution in [3.05, 3.63) is 72.9 Å². The average molecular weight is 338 g/mol. The molecule has 0 unspecified atom stereocenters. The second-order valence-corrected chi connectivity index (χ2v) is 11.5. The first-order valence-electron chi connectivity index (χ1n) is 8.61. The third-order valence-corrected chi connectivity index (χ3v) is 8.59.